The summed E-state index contributed by atoms with van der Waals surface area (Å²) in [5, 5.41) is 10.7. The van der Waals surface area contributed by atoms with Crippen LogP contribution in [0.1, 0.15) is 27.7 Å². The van der Waals surface area contributed by atoms with E-state index in [2.05, 4.69) is 48.4 Å². The van der Waals surface area contributed by atoms with Crippen molar-refractivity contribution < 1.29 is 0 Å². The minimum absolute atomic E-state index is 0.0205. The molecule has 0 radical (unpaired) electrons. The highest BCUT2D eigenvalue weighted by Gasteiger charge is 2.11. The number of hydrogen-bond donors (Lipinski definition) is 2. The molecule has 96 valence electrons. The molecule has 0 aromatic carbocycles. The van der Waals surface area contributed by atoms with E-state index in [4.69, 9.17) is 0 Å². The van der Waals surface area contributed by atoms with Gasteiger partial charge in [-0.1, -0.05) is 0 Å². The third-order valence-electron chi connectivity index (χ3n) is 2.00. The van der Waals surface area contributed by atoms with Gasteiger partial charge in [0, 0.05) is 24.5 Å². The molecule has 5 heteroatoms. The first-order chi connectivity index (χ1) is 8.01. The summed E-state index contributed by atoms with van der Waals surface area (Å²) in [6, 6.07) is 1.92. The molecule has 2 N–H and O–H groups in total. The van der Waals surface area contributed by atoms with Gasteiger partial charge in [-0.05, 0) is 33.8 Å². The largest absolute Gasteiger partial charge is 0.357 e. The standard InChI is InChI=1S/C12H23N5/c1-5-13-11(16-12(2,3)4)14-8-10-17-9-6-7-15-17/h6-7,9H,5,8,10H2,1-4H3,(H2,13,14,16). The van der Waals surface area contributed by atoms with E-state index in [0.29, 0.717) is 6.54 Å². The summed E-state index contributed by atoms with van der Waals surface area (Å²) >= 11 is 0. The predicted molar refractivity (Wildman–Crippen MR) is 71.1 cm³/mol. The zero-order valence-electron chi connectivity index (χ0n) is 11.2. The molecule has 5 nitrogen and oxygen atoms in total. The molecule has 0 atom stereocenters. The number of hydrogen-bond acceptors (Lipinski definition) is 2. The highest BCUT2D eigenvalue weighted by molar-refractivity contribution is 5.80. The van der Waals surface area contributed by atoms with E-state index >= 15 is 0 Å². The smallest absolute Gasteiger partial charge is 0.191 e. The quantitative estimate of drug-likeness (QED) is 0.612. The second-order valence-electron chi connectivity index (χ2n) is 4.90. The zero-order chi connectivity index (χ0) is 12.7. The van der Waals surface area contributed by atoms with Crippen molar-refractivity contribution in [1.29, 1.82) is 0 Å². The lowest BCUT2D eigenvalue weighted by atomic mass is 10.1. The molecule has 0 saturated carbocycles. The van der Waals surface area contributed by atoms with Gasteiger partial charge in [-0.25, -0.2) is 0 Å². The average molecular weight is 237 g/mol. The minimum Gasteiger partial charge on any atom is -0.357 e. The van der Waals surface area contributed by atoms with Gasteiger partial charge in [-0.2, -0.15) is 5.10 Å². The van der Waals surface area contributed by atoms with Crippen LogP contribution >= 0.6 is 0 Å². The maximum absolute atomic E-state index is 4.51. The van der Waals surface area contributed by atoms with E-state index in [1.165, 1.54) is 0 Å². The molecule has 0 bridgehead atoms. The third-order valence-corrected chi connectivity index (χ3v) is 2.00. The van der Waals surface area contributed by atoms with E-state index in [0.717, 1.165) is 19.0 Å². The van der Waals surface area contributed by atoms with Gasteiger partial charge in [-0.15, -0.1) is 0 Å². The van der Waals surface area contributed by atoms with Crippen LogP contribution < -0.4 is 10.6 Å². The van der Waals surface area contributed by atoms with Crippen molar-refractivity contribution in [2.75, 3.05) is 13.1 Å². The van der Waals surface area contributed by atoms with Crippen molar-refractivity contribution in [3.05, 3.63) is 18.5 Å². The first-order valence-electron chi connectivity index (χ1n) is 6.05. The number of nitrogens with zero attached hydrogens (tertiary/aromatic N) is 3. The monoisotopic (exact) mass is 237 g/mol. The van der Waals surface area contributed by atoms with E-state index in [1.54, 1.807) is 6.20 Å². The first kappa shape index (κ1) is 13.5. The molecular weight excluding hydrogens is 214 g/mol. The molecule has 0 spiro atoms. The summed E-state index contributed by atoms with van der Waals surface area (Å²) < 4.78 is 1.88. The van der Waals surface area contributed by atoms with E-state index in [9.17, 15) is 0 Å². The van der Waals surface area contributed by atoms with Crippen LogP contribution in [0, 0.1) is 0 Å². The van der Waals surface area contributed by atoms with Gasteiger partial charge >= 0.3 is 0 Å². The Hall–Kier alpha value is -1.52. The lowest BCUT2D eigenvalue weighted by Gasteiger charge is -2.23. The Balaban J connectivity index is 2.46. The summed E-state index contributed by atoms with van der Waals surface area (Å²) in [7, 11) is 0. The van der Waals surface area contributed by atoms with Gasteiger partial charge in [0.2, 0.25) is 0 Å². The zero-order valence-corrected chi connectivity index (χ0v) is 11.2. The fourth-order valence-electron chi connectivity index (χ4n) is 1.36. The van der Waals surface area contributed by atoms with Crippen molar-refractivity contribution in [2.45, 2.75) is 39.8 Å². The van der Waals surface area contributed by atoms with Gasteiger partial charge in [0.05, 0.1) is 13.1 Å². The Morgan fingerprint density at radius 1 is 1.41 bits per heavy atom. The minimum atomic E-state index is 0.0205. The van der Waals surface area contributed by atoms with Crippen LogP contribution in [0.3, 0.4) is 0 Å². The van der Waals surface area contributed by atoms with Crippen LogP contribution in [0.15, 0.2) is 23.5 Å². The van der Waals surface area contributed by atoms with Gasteiger partial charge < -0.3 is 10.6 Å². The van der Waals surface area contributed by atoms with Crippen LogP contribution in [0.2, 0.25) is 0 Å². The topological polar surface area (TPSA) is 54.2 Å². The summed E-state index contributed by atoms with van der Waals surface area (Å²) in [5.41, 5.74) is 0.0205. The van der Waals surface area contributed by atoms with Crippen molar-refractivity contribution in [2.24, 2.45) is 4.99 Å². The van der Waals surface area contributed by atoms with Crippen LogP contribution in [0.4, 0.5) is 0 Å². The molecule has 1 heterocycles. The SMILES string of the molecule is CCNC(=NCCn1cccn1)NC(C)(C)C. The van der Waals surface area contributed by atoms with Gasteiger partial charge in [0.25, 0.3) is 0 Å². The van der Waals surface area contributed by atoms with E-state index in [-0.39, 0.29) is 5.54 Å². The fourth-order valence-corrected chi connectivity index (χ4v) is 1.36. The molecule has 0 unspecified atom stereocenters. The summed E-state index contributed by atoms with van der Waals surface area (Å²) in [4.78, 5) is 4.51. The predicted octanol–water partition coefficient (Wildman–Crippen LogP) is 1.24. The van der Waals surface area contributed by atoms with Crippen LogP contribution in [-0.4, -0.2) is 34.4 Å². The number of nitrogens with one attached hydrogen (secondary N) is 2. The molecule has 0 aliphatic heterocycles. The second-order valence-corrected chi connectivity index (χ2v) is 4.90. The van der Waals surface area contributed by atoms with Crippen molar-refractivity contribution >= 4 is 5.96 Å². The Kier molecular flexibility index (Phi) is 5.00. The Labute approximate surface area is 103 Å². The molecule has 0 aliphatic carbocycles. The Bertz CT molecular complexity index is 334. The van der Waals surface area contributed by atoms with Crippen LogP contribution in [0.5, 0.6) is 0 Å². The molecule has 0 amide bonds. The van der Waals surface area contributed by atoms with Crippen molar-refractivity contribution in [3.63, 3.8) is 0 Å². The third kappa shape index (κ3) is 5.94. The Morgan fingerprint density at radius 3 is 2.71 bits per heavy atom. The normalized spacial score (nSPS) is 12.6. The second kappa shape index (κ2) is 6.27. The van der Waals surface area contributed by atoms with Gasteiger partial charge in [-0.3, -0.25) is 9.67 Å². The Morgan fingerprint density at radius 2 is 2.18 bits per heavy atom. The van der Waals surface area contributed by atoms with Crippen LogP contribution in [0.25, 0.3) is 0 Å². The number of rotatable bonds is 4. The summed E-state index contributed by atoms with van der Waals surface area (Å²) in [6.07, 6.45) is 3.72. The summed E-state index contributed by atoms with van der Waals surface area (Å²) in [6.45, 7) is 10.8. The maximum Gasteiger partial charge on any atom is 0.191 e. The lowest BCUT2D eigenvalue weighted by molar-refractivity contribution is 0.500. The number of aromatic nitrogens is 2. The van der Waals surface area contributed by atoms with Gasteiger partial charge in [0.15, 0.2) is 5.96 Å². The molecule has 1 aromatic rings. The number of guanidine groups is 1. The van der Waals surface area contributed by atoms with E-state index < -0.39 is 0 Å². The fraction of sp³-hybridized carbons (Fsp3) is 0.667. The highest BCUT2D eigenvalue weighted by Crippen LogP contribution is 1.97. The number of aliphatic imine (C=N–C) groups is 1. The molecule has 0 aliphatic rings. The highest BCUT2D eigenvalue weighted by atomic mass is 15.3. The van der Waals surface area contributed by atoms with Crippen LogP contribution in [-0.2, 0) is 6.54 Å². The summed E-state index contributed by atoms with van der Waals surface area (Å²) in [5.74, 6) is 0.854. The first-order valence-corrected chi connectivity index (χ1v) is 6.05. The van der Waals surface area contributed by atoms with Crippen molar-refractivity contribution in [1.82, 2.24) is 20.4 Å². The van der Waals surface area contributed by atoms with Gasteiger partial charge in [0.1, 0.15) is 0 Å². The molecule has 0 fully saturated rings. The lowest BCUT2D eigenvalue weighted by Crippen LogP contribution is -2.47. The molecule has 0 saturated heterocycles. The molecular formula is C12H23N5. The average Bonchev–Trinajstić information content (AvgIpc) is 2.68. The van der Waals surface area contributed by atoms with Crippen molar-refractivity contribution in [3.8, 4) is 0 Å². The molecule has 1 aromatic heterocycles. The maximum atomic E-state index is 4.51. The van der Waals surface area contributed by atoms with E-state index in [1.807, 2.05) is 16.9 Å². The molecule has 17 heavy (non-hydrogen) atoms. The molecule has 1 rings (SSSR count).